The number of rotatable bonds is 11. The van der Waals surface area contributed by atoms with Crippen LogP contribution in [-0.4, -0.2) is 94.8 Å². The minimum Gasteiger partial charge on any atom is -0.489 e. The Morgan fingerprint density at radius 2 is 1.78 bits per heavy atom. The van der Waals surface area contributed by atoms with Crippen LogP contribution in [0.25, 0.3) is 11.0 Å². The van der Waals surface area contributed by atoms with Gasteiger partial charge >= 0.3 is 0 Å². The Kier molecular flexibility index (Phi) is 11.7. The van der Waals surface area contributed by atoms with Crippen molar-refractivity contribution in [2.75, 3.05) is 43.0 Å². The quantitative estimate of drug-likeness (QED) is 0.0627. The van der Waals surface area contributed by atoms with Crippen LogP contribution < -0.4 is 24.4 Å². The summed E-state index contributed by atoms with van der Waals surface area (Å²) in [7, 11) is -4.73. The van der Waals surface area contributed by atoms with Crippen LogP contribution in [0.3, 0.4) is 0 Å². The Bertz CT molecular complexity index is 2880. The van der Waals surface area contributed by atoms with Gasteiger partial charge in [0, 0.05) is 62.3 Å². The molecule has 4 fully saturated rings. The van der Waals surface area contributed by atoms with Crippen LogP contribution in [-0.2, 0) is 15.6 Å². The van der Waals surface area contributed by atoms with E-state index in [-0.39, 0.29) is 63.9 Å². The number of carbonyl (C=O) groups is 1. The largest absolute Gasteiger partial charge is 0.489 e. The number of sulfonamides is 1. The van der Waals surface area contributed by atoms with Crippen molar-refractivity contribution in [1.29, 1.82) is 0 Å². The zero-order valence-corrected chi connectivity index (χ0v) is 39.3. The van der Waals surface area contributed by atoms with Gasteiger partial charge in [-0.1, -0.05) is 38.1 Å². The highest BCUT2D eigenvalue weighted by atomic mass is 32.2. The number of aromatic nitrogens is 2. The lowest BCUT2D eigenvalue weighted by Crippen LogP contribution is -2.65. The van der Waals surface area contributed by atoms with Crippen LogP contribution >= 0.6 is 0 Å². The van der Waals surface area contributed by atoms with Gasteiger partial charge in [-0.05, 0) is 111 Å². The Balaban J connectivity index is 0.867. The van der Waals surface area contributed by atoms with E-state index in [0.717, 1.165) is 68.6 Å². The van der Waals surface area contributed by atoms with E-state index in [2.05, 4.69) is 55.8 Å². The van der Waals surface area contributed by atoms with E-state index >= 15 is 0 Å². The van der Waals surface area contributed by atoms with Crippen molar-refractivity contribution in [3.8, 4) is 17.2 Å². The number of pyridine rings is 1. The number of nitrogens with zero attached hydrogens (tertiary/aromatic N) is 4. The summed E-state index contributed by atoms with van der Waals surface area (Å²) in [5.41, 5.74) is 1.07. The van der Waals surface area contributed by atoms with Gasteiger partial charge in [-0.25, -0.2) is 22.5 Å². The first-order valence-electron chi connectivity index (χ1n) is 23.7. The number of piperidine rings is 1. The molecule has 360 valence electrons. The molecule has 5 N–H and O–H groups in total. The number of benzene rings is 3. The van der Waals surface area contributed by atoms with Crippen LogP contribution in [0, 0.1) is 27.3 Å². The molecule has 5 aliphatic rings. The maximum atomic E-state index is 14.7. The number of aliphatic hydroxyl groups is 2. The van der Waals surface area contributed by atoms with E-state index in [1.807, 2.05) is 12.1 Å². The van der Waals surface area contributed by atoms with Crippen molar-refractivity contribution in [3.05, 3.63) is 106 Å². The number of nitro groups is 1. The molecular weight excluding hydrogens is 894 g/mol. The predicted octanol–water partition coefficient (Wildman–Crippen LogP) is 8.10. The van der Waals surface area contributed by atoms with Crippen LogP contribution in [0.15, 0.2) is 78.0 Å². The molecule has 2 aromatic heterocycles. The van der Waals surface area contributed by atoms with E-state index in [0.29, 0.717) is 50.3 Å². The lowest BCUT2D eigenvalue weighted by Gasteiger charge is -2.58. The fourth-order valence-corrected chi connectivity index (χ4v) is 12.6. The number of ether oxygens (including phenoxy) is 2. The van der Waals surface area contributed by atoms with Crippen LogP contribution in [0.4, 0.5) is 21.5 Å². The molecule has 10 rings (SSSR count). The second-order valence-electron chi connectivity index (χ2n) is 20.4. The molecule has 2 aliphatic carbocycles. The molecule has 1 amide bonds. The summed E-state index contributed by atoms with van der Waals surface area (Å²) in [4.78, 5) is 36.9. The Labute approximate surface area is 394 Å². The number of hydrogen-bond acceptors (Lipinski definition) is 13. The number of halogens is 1. The van der Waals surface area contributed by atoms with Crippen LogP contribution in [0.5, 0.6) is 17.2 Å². The second-order valence-corrected chi connectivity index (χ2v) is 22.0. The monoisotopic (exact) mass is 951 g/mol. The Morgan fingerprint density at radius 3 is 2.51 bits per heavy atom. The molecule has 2 saturated carbocycles. The van der Waals surface area contributed by atoms with E-state index in [1.54, 1.807) is 19.1 Å². The average molecular weight is 952 g/mol. The number of nitro benzene ring substituents is 1. The lowest BCUT2D eigenvalue weighted by molar-refractivity contribution is -0.384. The summed E-state index contributed by atoms with van der Waals surface area (Å²) in [6.07, 6.45) is 9.53. The van der Waals surface area contributed by atoms with Gasteiger partial charge in [0.05, 0.1) is 38.6 Å². The number of H-pyrrole nitrogens is 1. The van der Waals surface area contributed by atoms with E-state index in [1.165, 1.54) is 30.1 Å². The number of fused-ring (bicyclic) bond motifs is 2. The van der Waals surface area contributed by atoms with E-state index < -0.39 is 48.5 Å². The predicted molar refractivity (Wildman–Crippen MR) is 253 cm³/mol. The molecule has 5 aromatic rings. The van der Waals surface area contributed by atoms with Gasteiger partial charge in [0.25, 0.3) is 21.6 Å². The Hall–Kier alpha value is -5.82. The van der Waals surface area contributed by atoms with Crippen molar-refractivity contribution in [1.82, 2.24) is 19.6 Å². The topological polar surface area (TPSA) is 212 Å². The number of nitrogens with one attached hydrogen (secondary N) is 3. The summed E-state index contributed by atoms with van der Waals surface area (Å²) >= 11 is 0. The van der Waals surface area contributed by atoms with Crippen LogP contribution in [0.1, 0.15) is 106 Å². The third-order valence-electron chi connectivity index (χ3n) is 15.4. The van der Waals surface area contributed by atoms with E-state index in [9.17, 15) is 37.9 Å². The first kappa shape index (κ1) is 45.9. The molecule has 3 aromatic carbocycles. The van der Waals surface area contributed by atoms with E-state index in [4.69, 9.17) is 9.47 Å². The normalized spacial score (nSPS) is 25.9. The fraction of sp³-hybridized carbons (Fsp3) is 0.480. The van der Waals surface area contributed by atoms with Gasteiger partial charge in [-0.15, -0.1) is 0 Å². The molecule has 1 spiro atoms. The number of hydrogen-bond donors (Lipinski definition) is 5. The number of carbonyl (C=O) groups excluding carboxylic acids is 1. The maximum absolute atomic E-state index is 14.7. The molecule has 3 atom stereocenters. The third-order valence-corrected chi connectivity index (χ3v) is 16.8. The van der Waals surface area contributed by atoms with Gasteiger partial charge in [-0.3, -0.25) is 19.8 Å². The highest BCUT2D eigenvalue weighted by Gasteiger charge is 2.54. The molecule has 68 heavy (non-hydrogen) atoms. The smallest absolute Gasteiger partial charge is 0.297 e. The third kappa shape index (κ3) is 8.53. The molecule has 0 radical (unpaired) electrons. The summed E-state index contributed by atoms with van der Waals surface area (Å²) in [5.74, 6) is -1.17. The van der Waals surface area contributed by atoms with Gasteiger partial charge in [0.15, 0.2) is 11.4 Å². The van der Waals surface area contributed by atoms with Gasteiger partial charge in [-0.2, -0.15) is 0 Å². The Morgan fingerprint density at radius 1 is 1.03 bits per heavy atom. The van der Waals surface area contributed by atoms with Crippen molar-refractivity contribution < 1.29 is 42.2 Å². The molecule has 5 heterocycles. The molecule has 16 nitrogen and oxygen atoms in total. The average Bonchev–Trinajstić information content (AvgIpc) is 3.88. The highest BCUT2D eigenvalue weighted by Crippen LogP contribution is 2.51. The highest BCUT2D eigenvalue weighted by molar-refractivity contribution is 7.90. The zero-order valence-electron chi connectivity index (χ0n) is 38.5. The van der Waals surface area contributed by atoms with Gasteiger partial charge in [0.2, 0.25) is 0 Å². The fourth-order valence-electron chi connectivity index (χ4n) is 11.6. The van der Waals surface area contributed by atoms with Crippen molar-refractivity contribution in [3.63, 3.8) is 0 Å². The molecule has 0 bridgehead atoms. The maximum Gasteiger partial charge on any atom is 0.297 e. The number of likely N-dealkylation sites (tertiary alicyclic amines) is 1. The summed E-state index contributed by atoms with van der Waals surface area (Å²) in [6, 6.07) is 16.4. The summed E-state index contributed by atoms with van der Waals surface area (Å²) < 4.78 is 56.9. The second kappa shape index (κ2) is 17.3. The first-order chi connectivity index (χ1) is 32.4. The molecule has 3 aliphatic heterocycles. The molecule has 3 unspecified atom stereocenters. The summed E-state index contributed by atoms with van der Waals surface area (Å²) in [6.45, 7) is 9.46. The van der Waals surface area contributed by atoms with Gasteiger partial charge < -0.3 is 34.9 Å². The number of aromatic amines is 1. The molecule has 2 saturated heterocycles. The zero-order chi connectivity index (χ0) is 47.8. The lowest BCUT2D eigenvalue weighted by atomic mass is 9.69. The van der Waals surface area contributed by atoms with Crippen molar-refractivity contribution >= 4 is 44.0 Å². The van der Waals surface area contributed by atoms with Crippen molar-refractivity contribution in [2.24, 2.45) is 11.3 Å². The number of anilines is 2. The molecular formula is C50H58FN7O9S. The molecule has 18 heteroatoms. The van der Waals surface area contributed by atoms with Crippen molar-refractivity contribution in [2.45, 2.75) is 113 Å². The van der Waals surface area contributed by atoms with Gasteiger partial charge in [0.1, 0.15) is 35.2 Å². The standard InChI is InChI=1S/C50H58FN7O9S/c1-30(2)35-7-4-5-8-38(35)50(61)14-6-9-44(50)57-28-49(29-57)17-19-56(20-18-49)32-10-11-36(42(21-32)67-33-22-37-39(51)26-53-46(37)52-25-33)47(59)55-68(64,65)34-23-41(58(62)63)45-43(24-34)66-27-40(54-45)31-12-15-48(3,60)16-13-31/h4-5,7-8,10-11,21-26,30-31,40,44,54,60-61H,6,9,12-20,27-29H2,1-3H3,(H,52,53)(H,55,59). The van der Waals surface area contributed by atoms with Crippen LogP contribution in [0.2, 0.25) is 0 Å². The summed E-state index contributed by atoms with van der Waals surface area (Å²) in [5, 5.41) is 38.5. The number of amides is 1. The first-order valence-corrected chi connectivity index (χ1v) is 25.2. The minimum atomic E-state index is -4.73. The minimum absolute atomic E-state index is 0.0104. The SMILES string of the molecule is CC(C)c1ccccc1C1(O)CCCC1N1CC2(CCN(c3ccc(C(=O)NS(=O)(=O)c4cc5c(c([N+](=O)[O-])c4)NC(C4CCC(C)(O)CC4)CO5)c(Oc4cnc5[nH]cc(F)c5c4)c3)CC2)C1.